The van der Waals surface area contributed by atoms with Crippen molar-refractivity contribution in [2.45, 2.75) is 24.7 Å². The number of nitrogens with zero attached hydrogens (tertiary/aromatic N) is 1. The van der Waals surface area contributed by atoms with Gasteiger partial charge < -0.3 is 9.88 Å². The lowest BCUT2D eigenvalue weighted by atomic mass is 9.95. The fraction of sp³-hybridized carbons (Fsp3) is 0.316. The number of thiophene rings is 1. The highest BCUT2D eigenvalue weighted by Gasteiger charge is 2.47. The van der Waals surface area contributed by atoms with Gasteiger partial charge in [0.05, 0.1) is 6.42 Å². The van der Waals surface area contributed by atoms with Crippen LogP contribution in [0, 0.1) is 0 Å². The summed E-state index contributed by atoms with van der Waals surface area (Å²) >= 11 is 1.65. The van der Waals surface area contributed by atoms with Crippen LogP contribution in [0.1, 0.15) is 23.3 Å². The molecule has 1 N–H and O–H groups in total. The van der Waals surface area contributed by atoms with Crippen molar-refractivity contribution in [3.05, 3.63) is 58.4 Å². The van der Waals surface area contributed by atoms with Gasteiger partial charge in [0.15, 0.2) is 0 Å². The van der Waals surface area contributed by atoms with E-state index in [0.29, 0.717) is 6.42 Å². The Morgan fingerprint density at radius 1 is 1.26 bits per heavy atom. The van der Waals surface area contributed by atoms with Crippen LogP contribution in [-0.4, -0.2) is 29.4 Å². The number of nitrogens with one attached hydrogen (secondary N) is 1. The number of carbonyl (C=O) groups excluding carboxylic acids is 1. The summed E-state index contributed by atoms with van der Waals surface area (Å²) in [6.45, 7) is 0.805. The first-order valence-electron chi connectivity index (χ1n) is 8.01. The lowest BCUT2D eigenvalue weighted by Crippen LogP contribution is -2.35. The fourth-order valence-electron chi connectivity index (χ4n) is 3.41. The highest BCUT2D eigenvalue weighted by molar-refractivity contribution is 7.10. The Morgan fingerprint density at radius 3 is 2.83 bits per heavy atom. The van der Waals surface area contributed by atoms with Crippen molar-refractivity contribution >= 4 is 28.1 Å². The largest absolute Gasteiger partial charge is 0.361 e. The standard InChI is InChI=1S/C19H20N2OS/c1-21(18(22)11-14-5-4-10-23-14)13-19(8-9-19)16-12-20-17-7-3-2-6-15(16)17/h2-7,10,12,20H,8-9,11,13H2,1H3. The first kappa shape index (κ1) is 14.5. The number of hydrogen-bond donors (Lipinski definition) is 1. The minimum atomic E-state index is 0.138. The number of aromatic nitrogens is 1. The van der Waals surface area contributed by atoms with E-state index in [-0.39, 0.29) is 11.3 Å². The number of rotatable bonds is 5. The zero-order valence-electron chi connectivity index (χ0n) is 13.2. The molecule has 2 heterocycles. The molecule has 1 saturated carbocycles. The zero-order valence-corrected chi connectivity index (χ0v) is 14.0. The predicted molar refractivity (Wildman–Crippen MR) is 94.9 cm³/mol. The van der Waals surface area contributed by atoms with Gasteiger partial charge >= 0.3 is 0 Å². The summed E-state index contributed by atoms with van der Waals surface area (Å²) in [5, 5.41) is 3.32. The van der Waals surface area contributed by atoms with Crippen molar-refractivity contribution in [2.75, 3.05) is 13.6 Å². The number of carbonyl (C=O) groups is 1. The Bertz CT molecular complexity index is 830. The average Bonchev–Trinajstić information content (AvgIpc) is 3.00. The fourth-order valence-corrected chi connectivity index (χ4v) is 4.11. The van der Waals surface area contributed by atoms with Gasteiger partial charge in [0.1, 0.15) is 0 Å². The topological polar surface area (TPSA) is 36.1 Å². The summed E-state index contributed by atoms with van der Waals surface area (Å²) in [7, 11) is 1.94. The summed E-state index contributed by atoms with van der Waals surface area (Å²) in [6.07, 6.45) is 4.96. The van der Waals surface area contributed by atoms with Gasteiger partial charge in [-0.2, -0.15) is 0 Å². The van der Waals surface area contributed by atoms with Gasteiger partial charge in [-0.05, 0) is 35.9 Å². The Balaban J connectivity index is 1.52. The molecule has 0 radical (unpaired) electrons. The number of para-hydroxylation sites is 1. The van der Waals surface area contributed by atoms with Crippen LogP contribution >= 0.6 is 11.3 Å². The Kier molecular flexibility index (Phi) is 3.49. The molecule has 23 heavy (non-hydrogen) atoms. The van der Waals surface area contributed by atoms with Gasteiger partial charge in [0, 0.05) is 41.0 Å². The maximum absolute atomic E-state index is 12.5. The molecule has 0 saturated heterocycles. The molecule has 0 aliphatic heterocycles. The van der Waals surface area contributed by atoms with E-state index in [2.05, 4.69) is 35.4 Å². The van der Waals surface area contributed by atoms with Crippen LogP contribution in [-0.2, 0) is 16.6 Å². The van der Waals surface area contributed by atoms with E-state index in [9.17, 15) is 4.79 Å². The number of aromatic amines is 1. The minimum absolute atomic E-state index is 0.138. The van der Waals surface area contributed by atoms with Gasteiger partial charge in [-0.1, -0.05) is 24.3 Å². The maximum atomic E-state index is 12.5. The first-order chi connectivity index (χ1) is 11.2. The summed E-state index contributed by atoms with van der Waals surface area (Å²) in [4.78, 5) is 18.9. The molecule has 3 nitrogen and oxygen atoms in total. The summed E-state index contributed by atoms with van der Waals surface area (Å²) < 4.78 is 0. The lowest BCUT2D eigenvalue weighted by molar-refractivity contribution is -0.129. The van der Waals surface area contributed by atoms with E-state index >= 15 is 0 Å². The quantitative estimate of drug-likeness (QED) is 0.757. The molecule has 1 aliphatic rings. The van der Waals surface area contributed by atoms with Gasteiger partial charge in [-0.25, -0.2) is 0 Å². The Labute approximate surface area is 139 Å². The van der Waals surface area contributed by atoms with E-state index in [1.807, 2.05) is 29.5 Å². The second-order valence-electron chi connectivity index (χ2n) is 6.53. The van der Waals surface area contributed by atoms with Gasteiger partial charge in [0.2, 0.25) is 5.91 Å². The maximum Gasteiger partial charge on any atom is 0.227 e. The van der Waals surface area contributed by atoms with Gasteiger partial charge in [-0.3, -0.25) is 4.79 Å². The number of fused-ring (bicyclic) bond motifs is 1. The van der Waals surface area contributed by atoms with E-state index in [0.717, 1.165) is 24.3 Å². The van der Waals surface area contributed by atoms with Crippen LogP contribution in [0.25, 0.3) is 10.9 Å². The smallest absolute Gasteiger partial charge is 0.227 e. The third kappa shape index (κ3) is 2.68. The van der Waals surface area contributed by atoms with E-state index < -0.39 is 0 Å². The summed E-state index contributed by atoms with van der Waals surface area (Å²) in [6, 6.07) is 12.5. The van der Waals surface area contributed by atoms with Crippen molar-refractivity contribution in [2.24, 2.45) is 0 Å². The molecule has 4 rings (SSSR count). The molecular weight excluding hydrogens is 304 g/mol. The van der Waals surface area contributed by atoms with Gasteiger partial charge in [0.25, 0.3) is 0 Å². The molecule has 118 valence electrons. The second kappa shape index (κ2) is 5.53. The van der Waals surface area contributed by atoms with E-state index in [4.69, 9.17) is 0 Å². The van der Waals surface area contributed by atoms with Crippen LogP contribution in [0.3, 0.4) is 0 Å². The van der Waals surface area contributed by atoms with Crippen LogP contribution in [0.15, 0.2) is 48.0 Å². The molecule has 1 amide bonds. The normalized spacial score (nSPS) is 15.7. The van der Waals surface area contributed by atoms with Crippen LogP contribution in [0.2, 0.25) is 0 Å². The van der Waals surface area contributed by atoms with Crippen molar-refractivity contribution in [1.82, 2.24) is 9.88 Å². The molecule has 2 aromatic heterocycles. The third-order valence-electron chi connectivity index (χ3n) is 4.89. The van der Waals surface area contributed by atoms with Crippen molar-refractivity contribution in [1.29, 1.82) is 0 Å². The second-order valence-corrected chi connectivity index (χ2v) is 7.57. The molecule has 0 spiro atoms. The Hall–Kier alpha value is -2.07. The lowest BCUT2D eigenvalue weighted by Gasteiger charge is -2.24. The Morgan fingerprint density at radius 2 is 2.09 bits per heavy atom. The summed E-state index contributed by atoms with van der Waals surface area (Å²) in [5.74, 6) is 0.207. The molecule has 0 bridgehead atoms. The highest BCUT2D eigenvalue weighted by atomic mass is 32.1. The van der Waals surface area contributed by atoms with Crippen LogP contribution in [0.4, 0.5) is 0 Å². The number of hydrogen-bond acceptors (Lipinski definition) is 2. The molecule has 1 aliphatic carbocycles. The van der Waals surface area contributed by atoms with E-state index in [1.165, 1.54) is 16.5 Å². The zero-order chi connectivity index (χ0) is 15.9. The number of amides is 1. The summed E-state index contributed by atoms with van der Waals surface area (Å²) in [5.41, 5.74) is 2.68. The molecule has 1 fully saturated rings. The molecule has 1 aromatic carbocycles. The number of H-pyrrole nitrogens is 1. The minimum Gasteiger partial charge on any atom is -0.361 e. The van der Waals surface area contributed by atoms with E-state index in [1.54, 1.807) is 11.3 Å². The molecule has 4 heteroatoms. The van der Waals surface area contributed by atoms with Gasteiger partial charge in [-0.15, -0.1) is 11.3 Å². The monoisotopic (exact) mass is 324 g/mol. The number of benzene rings is 1. The molecule has 0 unspecified atom stereocenters. The molecule has 3 aromatic rings. The third-order valence-corrected chi connectivity index (χ3v) is 5.76. The van der Waals surface area contributed by atoms with Crippen LogP contribution in [0.5, 0.6) is 0 Å². The van der Waals surface area contributed by atoms with Crippen molar-refractivity contribution < 1.29 is 4.79 Å². The van der Waals surface area contributed by atoms with Crippen LogP contribution < -0.4 is 0 Å². The highest BCUT2D eigenvalue weighted by Crippen LogP contribution is 2.50. The number of likely N-dealkylation sites (N-methyl/N-ethyl adjacent to an activating group) is 1. The average molecular weight is 324 g/mol. The van der Waals surface area contributed by atoms with Crippen molar-refractivity contribution in [3.63, 3.8) is 0 Å². The SMILES string of the molecule is CN(CC1(c2c[nH]c3ccccc23)CC1)C(=O)Cc1cccs1. The molecule has 0 atom stereocenters. The first-order valence-corrected chi connectivity index (χ1v) is 8.89. The predicted octanol–water partition coefficient (Wildman–Crippen LogP) is 3.96. The van der Waals surface area contributed by atoms with Crippen molar-refractivity contribution in [3.8, 4) is 0 Å². The molecular formula is C19H20N2OS.